The molecule has 0 amide bonds. The first-order valence-corrected chi connectivity index (χ1v) is 6.27. The van der Waals surface area contributed by atoms with E-state index in [0.29, 0.717) is 0 Å². The van der Waals surface area contributed by atoms with Gasteiger partial charge in [-0.3, -0.25) is 9.67 Å². The average molecular weight is 365 g/mol. The van der Waals surface area contributed by atoms with E-state index < -0.39 is 0 Å². The zero-order chi connectivity index (χ0) is 12.5. The second kappa shape index (κ2) is 10.2. The Morgan fingerprint density at radius 2 is 2.17 bits per heavy atom. The molecule has 5 nitrogen and oxygen atoms in total. The van der Waals surface area contributed by atoms with Crippen LogP contribution in [0.25, 0.3) is 0 Å². The van der Waals surface area contributed by atoms with E-state index in [9.17, 15) is 0 Å². The Morgan fingerprint density at radius 3 is 2.72 bits per heavy atom. The maximum Gasteiger partial charge on any atom is 0.191 e. The van der Waals surface area contributed by atoms with Crippen molar-refractivity contribution >= 4 is 29.9 Å². The Balaban J connectivity index is 0.00000289. The van der Waals surface area contributed by atoms with E-state index in [4.69, 9.17) is 0 Å². The van der Waals surface area contributed by atoms with Crippen molar-refractivity contribution < 1.29 is 0 Å². The van der Waals surface area contributed by atoms with Gasteiger partial charge in [-0.05, 0) is 25.8 Å². The molecular weight excluding hydrogens is 341 g/mol. The van der Waals surface area contributed by atoms with Gasteiger partial charge < -0.3 is 10.6 Å². The van der Waals surface area contributed by atoms with Gasteiger partial charge in [0.1, 0.15) is 0 Å². The van der Waals surface area contributed by atoms with Crippen molar-refractivity contribution in [2.24, 2.45) is 4.99 Å². The normalized spacial score (nSPS) is 10.9. The number of guanidine groups is 1. The van der Waals surface area contributed by atoms with Crippen molar-refractivity contribution in [2.45, 2.75) is 33.7 Å². The van der Waals surface area contributed by atoms with Crippen LogP contribution in [0.2, 0.25) is 0 Å². The quantitative estimate of drug-likeness (QED) is 0.459. The molecule has 0 spiro atoms. The molecule has 1 aromatic rings. The monoisotopic (exact) mass is 365 g/mol. The summed E-state index contributed by atoms with van der Waals surface area (Å²) in [6.45, 7) is 9.66. The summed E-state index contributed by atoms with van der Waals surface area (Å²) in [5.74, 6) is 0.887. The minimum absolute atomic E-state index is 0. The minimum Gasteiger partial charge on any atom is -0.357 e. The number of aryl methyl sites for hydroxylation is 1. The molecule has 2 N–H and O–H groups in total. The topological polar surface area (TPSA) is 54.2 Å². The lowest BCUT2D eigenvalue weighted by Gasteiger charge is -2.10. The number of hydrogen-bond acceptors (Lipinski definition) is 2. The summed E-state index contributed by atoms with van der Waals surface area (Å²) in [5, 5.41) is 10.7. The number of hydrogen-bond donors (Lipinski definition) is 2. The van der Waals surface area contributed by atoms with Crippen LogP contribution in [0.3, 0.4) is 0 Å². The van der Waals surface area contributed by atoms with Crippen LogP contribution in [0.15, 0.2) is 17.4 Å². The van der Waals surface area contributed by atoms with Crippen molar-refractivity contribution in [1.82, 2.24) is 20.4 Å². The summed E-state index contributed by atoms with van der Waals surface area (Å²) >= 11 is 0. The fourth-order valence-corrected chi connectivity index (χ4v) is 1.44. The molecule has 0 fully saturated rings. The molecule has 0 aliphatic rings. The number of aliphatic imine (C=N–C) groups is 1. The highest BCUT2D eigenvalue weighted by Gasteiger charge is 1.97. The van der Waals surface area contributed by atoms with Gasteiger partial charge in [-0.1, -0.05) is 6.92 Å². The number of halogens is 1. The van der Waals surface area contributed by atoms with Crippen molar-refractivity contribution in [1.29, 1.82) is 0 Å². The molecule has 0 radical (unpaired) electrons. The first-order valence-electron chi connectivity index (χ1n) is 6.27. The highest BCUT2D eigenvalue weighted by atomic mass is 127. The summed E-state index contributed by atoms with van der Waals surface area (Å²) in [5.41, 5.74) is 1.19. The van der Waals surface area contributed by atoms with Crippen LogP contribution in [-0.2, 0) is 6.54 Å². The van der Waals surface area contributed by atoms with Crippen LogP contribution in [0.4, 0.5) is 0 Å². The zero-order valence-electron chi connectivity index (χ0n) is 11.4. The van der Waals surface area contributed by atoms with Crippen molar-refractivity contribution in [2.75, 3.05) is 19.6 Å². The predicted molar refractivity (Wildman–Crippen MR) is 86.7 cm³/mol. The summed E-state index contributed by atoms with van der Waals surface area (Å²) in [4.78, 5) is 4.43. The highest BCUT2D eigenvalue weighted by molar-refractivity contribution is 14.0. The van der Waals surface area contributed by atoms with Gasteiger partial charge >= 0.3 is 0 Å². The molecule has 1 rings (SSSR count). The number of nitrogens with zero attached hydrogens (tertiary/aromatic N) is 3. The lowest BCUT2D eigenvalue weighted by atomic mass is 10.4. The van der Waals surface area contributed by atoms with E-state index >= 15 is 0 Å². The Labute approximate surface area is 126 Å². The summed E-state index contributed by atoms with van der Waals surface area (Å²) in [6.07, 6.45) is 4.98. The molecule has 1 heterocycles. The molecule has 0 saturated heterocycles. The van der Waals surface area contributed by atoms with Gasteiger partial charge in [0.25, 0.3) is 0 Å². The van der Waals surface area contributed by atoms with E-state index in [0.717, 1.165) is 38.6 Å². The Bertz CT molecular complexity index is 348. The van der Waals surface area contributed by atoms with Gasteiger partial charge in [0, 0.05) is 25.8 Å². The first kappa shape index (κ1) is 17.2. The lowest BCUT2D eigenvalue weighted by molar-refractivity contribution is 0.597. The predicted octanol–water partition coefficient (Wildman–Crippen LogP) is 1.77. The van der Waals surface area contributed by atoms with Gasteiger partial charge in [0.2, 0.25) is 0 Å². The van der Waals surface area contributed by atoms with Gasteiger partial charge in [0.15, 0.2) is 5.96 Å². The van der Waals surface area contributed by atoms with E-state index in [2.05, 4.69) is 34.6 Å². The number of nitrogens with one attached hydrogen (secondary N) is 2. The van der Waals surface area contributed by atoms with Crippen LogP contribution < -0.4 is 10.6 Å². The van der Waals surface area contributed by atoms with Crippen LogP contribution in [0.1, 0.15) is 25.8 Å². The Kier molecular flexibility index (Phi) is 9.72. The third kappa shape index (κ3) is 6.83. The molecule has 0 aliphatic heterocycles. The maximum absolute atomic E-state index is 4.43. The maximum atomic E-state index is 4.43. The SMILES string of the molecule is CCCN=C(NCC)NCCn1cc(C)cn1.I. The van der Waals surface area contributed by atoms with Gasteiger partial charge in [-0.15, -0.1) is 24.0 Å². The van der Waals surface area contributed by atoms with E-state index in [1.165, 1.54) is 5.56 Å². The zero-order valence-corrected chi connectivity index (χ0v) is 13.8. The molecule has 6 heteroatoms. The van der Waals surface area contributed by atoms with E-state index in [-0.39, 0.29) is 24.0 Å². The molecule has 0 aliphatic carbocycles. The number of rotatable bonds is 6. The summed E-state index contributed by atoms with van der Waals surface area (Å²) < 4.78 is 1.94. The molecule has 18 heavy (non-hydrogen) atoms. The fourth-order valence-electron chi connectivity index (χ4n) is 1.44. The minimum atomic E-state index is 0. The number of aromatic nitrogens is 2. The fraction of sp³-hybridized carbons (Fsp3) is 0.667. The molecule has 104 valence electrons. The second-order valence-corrected chi connectivity index (χ2v) is 3.97. The standard InChI is InChI=1S/C12H23N5.HI/c1-4-6-14-12(13-5-2)15-7-8-17-10-11(3)9-16-17;/h9-10H,4-8H2,1-3H3,(H2,13,14,15);1H. The van der Waals surface area contributed by atoms with Gasteiger partial charge in [0.05, 0.1) is 12.7 Å². The van der Waals surface area contributed by atoms with Crippen LogP contribution in [0, 0.1) is 6.92 Å². The molecule has 0 unspecified atom stereocenters. The average Bonchev–Trinajstić information content (AvgIpc) is 2.72. The van der Waals surface area contributed by atoms with Gasteiger partial charge in [-0.2, -0.15) is 5.10 Å². The smallest absolute Gasteiger partial charge is 0.191 e. The van der Waals surface area contributed by atoms with Crippen molar-refractivity contribution in [3.8, 4) is 0 Å². The second-order valence-electron chi connectivity index (χ2n) is 3.97. The molecule has 1 aromatic heterocycles. The highest BCUT2D eigenvalue weighted by Crippen LogP contribution is 1.92. The van der Waals surface area contributed by atoms with E-state index in [1.54, 1.807) is 0 Å². The van der Waals surface area contributed by atoms with Crippen LogP contribution >= 0.6 is 24.0 Å². The summed E-state index contributed by atoms with van der Waals surface area (Å²) in [6, 6.07) is 0. The first-order chi connectivity index (χ1) is 8.26. The Hall–Kier alpha value is -0.790. The van der Waals surface area contributed by atoms with Crippen molar-refractivity contribution in [3.05, 3.63) is 18.0 Å². The van der Waals surface area contributed by atoms with Crippen LogP contribution in [-0.4, -0.2) is 35.4 Å². The molecule has 0 saturated carbocycles. The molecule has 0 atom stereocenters. The van der Waals surface area contributed by atoms with Crippen LogP contribution in [0.5, 0.6) is 0 Å². The molecule has 0 aromatic carbocycles. The largest absolute Gasteiger partial charge is 0.357 e. The lowest BCUT2D eigenvalue weighted by Crippen LogP contribution is -2.39. The third-order valence-corrected chi connectivity index (χ3v) is 2.23. The van der Waals surface area contributed by atoms with Gasteiger partial charge in [-0.25, -0.2) is 0 Å². The Morgan fingerprint density at radius 1 is 1.39 bits per heavy atom. The molecule has 0 bridgehead atoms. The molecular formula is C12H24IN5. The summed E-state index contributed by atoms with van der Waals surface area (Å²) in [7, 11) is 0. The third-order valence-electron chi connectivity index (χ3n) is 2.23. The van der Waals surface area contributed by atoms with E-state index in [1.807, 2.05) is 24.0 Å². The van der Waals surface area contributed by atoms with Crippen molar-refractivity contribution in [3.63, 3.8) is 0 Å².